The summed E-state index contributed by atoms with van der Waals surface area (Å²) in [6.45, 7) is 5.30. The second-order valence-corrected chi connectivity index (χ2v) is 7.07. The summed E-state index contributed by atoms with van der Waals surface area (Å²) in [4.78, 5) is 53.6. The lowest BCUT2D eigenvalue weighted by atomic mass is 9.96. The lowest BCUT2D eigenvalue weighted by Crippen LogP contribution is -2.68. The maximum Gasteiger partial charge on any atom is 0.354 e. The molecule has 0 radical (unpaired) electrons. The summed E-state index contributed by atoms with van der Waals surface area (Å²) in [5.74, 6) is -1.76. The summed E-state index contributed by atoms with van der Waals surface area (Å²) in [6, 6.07) is 6.69. The molecule has 3 amide bonds. The molecule has 0 bridgehead atoms. The summed E-state index contributed by atoms with van der Waals surface area (Å²) in [7, 11) is 0. The van der Waals surface area contributed by atoms with Gasteiger partial charge in [-0.25, -0.2) is 4.79 Å². The molecule has 3 rings (SSSR count). The van der Waals surface area contributed by atoms with E-state index in [4.69, 9.17) is 4.74 Å². The molecule has 2 heterocycles. The van der Waals surface area contributed by atoms with Gasteiger partial charge in [-0.1, -0.05) is 19.1 Å². The van der Waals surface area contributed by atoms with Gasteiger partial charge in [-0.05, 0) is 32.4 Å². The lowest BCUT2D eigenvalue weighted by Gasteiger charge is -2.47. The van der Waals surface area contributed by atoms with Gasteiger partial charge in [-0.3, -0.25) is 19.3 Å². The molecule has 1 aromatic carbocycles. The maximum atomic E-state index is 13.1. The molecule has 2 aliphatic heterocycles. The van der Waals surface area contributed by atoms with Crippen molar-refractivity contribution in [1.82, 2.24) is 10.2 Å². The first-order valence-electron chi connectivity index (χ1n) is 9.57. The van der Waals surface area contributed by atoms with E-state index in [-0.39, 0.29) is 37.2 Å². The number of amides is 3. The Bertz CT molecular complexity index is 824. The van der Waals surface area contributed by atoms with Gasteiger partial charge in [0.25, 0.3) is 11.8 Å². The number of anilines is 1. The van der Waals surface area contributed by atoms with Gasteiger partial charge in [0.05, 0.1) is 11.3 Å². The summed E-state index contributed by atoms with van der Waals surface area (Å²) in [5, 5.41) is 2.73. The highest BCUT2D eigenvalue weighted by atomic mass is 16.5. The normalized spacial score (nSPS) is 21.8. The summed E-state index contributed by atoms with van der Waals surface area (Å²) >= 11 is 0. The Morgan fingerprint density at radius 1 is 1.25 bits per heavy atom. The minimum absolute atomic E-state index is 0.0378. The van der Waals surface area contributed by atoms with Crippen LogP contribution in [0.15, 0.2) is 24.3 Å². The number of hydrogen-bond acceptors (Lipinski definition) is 5. The van der Waals surface area contributed by atoms with E-state index in [9.17, 15) is 19.2 Å². The Hall–Kier alpha value is -2.90. The maximum absolute atomic E-state index is 13.1. The molecule has 8 heteroatoms. The molecule has 0 aliphatic carbocycles. The van der Waals surface area contributed by atoms with Gasteiger partial charge in [-0.15, -0.1) is 0 Å². The summed E-state index contributed by atoms with van der Waals surface area (Å²) in [5.41, 5.74) is -0.772. The number of fused-ring (bicyclic) bond motifs is 3. The standard InChI is InChI=1S/C20H25N3O5/c1-4-13(3)21-16(24)12-28-19(27)20-11-10-17(25)23(20)15-9-7-6-8-14(15)18(26)22(20)5-2/h6-9,13H,4-5,10-12H2,1-3H3,(H,21,24)/t13-,20+/m0/s1. The van der Waals surface area contributed by atoms with Gasteiger partial charge in [0, 0.05) is 25.4 Å². The van der Waals surface area contributed by atoms with Crippen LogP contribution in [0.4, 0.5) is 5.69 Å². The van der Waals surface area contributed by atoms with Crippen molar-refractivity contribution in [2.45, 2.75) is 51.7 Å². The molecule has 150 valence electrons. The summed E-state index contributed by atoms with van der Waals surface area (Å²) < 4.78 is 5.30. The van der Waals surface area contributed by atoms with Crippen molar-refractivity contribution < 1.29 is 23.9 Å². The Morgan fingerprint density at radius 2 is 1.96 bits per heavy atom. The van der Waals surface area contributed by atoms with Gasteiger partial charge < -0.3 is 15.0 Å². The van der Waals surface area contributed by atoms with Gasteiger partial charge in [0.1, 0.15) is 0 Å². The lowest BCUT2D eigenvalue weighted by molar-refractivity contribution is -0.160. The Morgan fingerprint density at radius 3 is 2.64 bits per heavy atom. The molecular formula is C20H25N3O5. The largest absolute Gasteiger partial charge is 0.452 e. The second kappa shape index (κ2) is 7.61. The molecule has 8 nitrogen and oxygen atoms in total. The predicted octanol–water partition coefficient (Wildman–Crippen LogP) is 1.44. The third kappa shape index (κ3) is 3.02. The average molecular weight is 387 g/mol. The van der Waals surface area contributed by atoms with Crippen LogP contribution in [-0.2, 0) is 19.1 Å². The third-order valence-electron chi connectivity index (χ3n) is 5.37. The van der Waals surface area contributed by atoms with Crippen LogP contribution in [0.2, 0.25) is 0 Å². The van der Waals surface area contributed by atoms with Gasteiger partial charge in [0.2, 0.25) is 11.6 Å². The predicted molar refractivity (Wildman–Crippen MR) is 101 cm³/mol. The molecule has 1 saturated heterocycles. The number of rotatable bonds is 6. The van der Waals surface area contributed by atoms with Crippen molar-refractivity contribution >= 4 is 29.4 Å². The zero-order valence-corrected chi connectivity index (χ0v) is 16.4. The van der Waals surface area contributed by atoms with Crippen molar-refractivity contribution in [3.63, 3.8) is 0 Å². The van der Waals surface area contributed by atoms with Crippen molar-refractivity contribution in [3.8, 4) is 0 Å². The zero-order valence-electron chi connectivity index (χ0n) is 16.4. The fourth-order valence-electron chi connectivity index (χ4n) is 3.84. The number of nitrogens with one attached hydrogen (secondary N) is 1. The number of esters is 1. The topological polar surface area (TPSA) is 96.0 Å². The first kappa shape index (κ1) is 19.9. The highest BCUT2D eigenvalue weighted by molar-refractivity contribution is 6.15. The van der Waals surface area contributed by atoms with E-state index in [1.54, 1.807) is 31.2 Å². The number of carbonyl (C=O) groups excluding carboxylic acids is 4. The molecule has 0 aromatic heterocycles. The minimum Gasteiger partial charge on any atom is -0.452 e. The molecule has 2 aliphatic rings. The van der Waals surface area contributed by atoms with E-state index in [0.717, 1.165) is 6.42 Å². The second-order valence-electron chi connectivity index (χ2n) is 7.07. The van der Waals surface area contributed by atoms with E-state index in [2.05, 4.69) is 5.32 Å². The molecule has 1 fully saturated rings. The average Bonchev–Trinajstić information content (AvgIpc) is 3.04. The van der Waals surface area contributed by atoms with Gasteiger partial charge in [0.15, 0.2) is 6.61 Å². The fourth-order valence-corrected chi connectivity index (χ4v) is 3.84. The van der Waals surface area contributed by atoms with Crippen molar-refractivity contribution in [2.24, 2.45) is 0 Å². The fraction of sp³-hybridized carbons (Fsp3) is 0.500. The highest BCUT2D eigenvalue weighted by Gasteiger charge is 2.61. The molecule has 1 aromatic rings. The number of ether oxygens (including phenoxy) is 1. The smallest absolute Gasteiger partial charge is 0.354 e. The summed E-state index contributed by atoms with van der Waals surface area (Å²) in [6.07, 6.45) is 0.999. The molecule has 0 spiro atoms. The molecule has 2 atom stereocenters. The van der Waals surface area contributed by atoms with Crippen molar-refractivity contribution in [1.29, 1.82) is 0 Å². The Labute approximate surface area is 163 Å². The SMILES string of the molecule is CC[C@H](C)NC(=O)COC(=O)[C@@]12CCC(=O)N1c1ccccc1C(=O)N2CC. The van der Waals surface area contributed by atoms with E-state index in [1.165, 1.54) is 9.80 Å². The Kier molecular flexibility index (Phi) is 5.40. The molecule has 1 N–H and O–H groups in total. The first-order chi connectivity index (χ1) is 13.4. The molecular weight excluding hydrogens is 362 g/mol. The number of likely N-dealkylation sites (N-methyl/N-ethyl adjacent to an activating group) is 1. The molecule has 28 heavy (non-hydrogen) atoms. The number of benzene rings is 1. The van der Waals surface area contributed by atoms with Crippen LogP contribution in [-0.4, -0.2) is 53.4 Å². The van der Waals surface area contributed by atoms with Gasteiger partial charge in [-0.2, -0.15) is 0 Å². The van der Waals surface area contributed by atoms with Crippen LogP contribution in [0.3, 0.4) is 0 Å². The van der Waals surface area contributed by atoms with Crippen LogP contribution in [0.1, 0.15) is 50.4 Å². The van der Waals surface area contributed by atoms with Crippen LogP contribution in [0.25, 0.3) is 0 Å². The van der Waals surface area contributed by atoms with Crippen molar-refractivity contribution in [3.05, 3.63) is 29.8 Å². The monoisotopic (exact) mass is 387 g/mol. The van der Waals surface area contributed by atoms with E-state index >= 15 is 0 Å². The van der Waals surface area contributed by atoms with E-state index in [0.29, 0.717) is 11.3 Å². The number of para-hydroxylation sites is 1. The first-order valence-corrected chi connectivity index (χ1v) is 9.57. The van der Waals surface area contributed by atoms with Crippen LogP contribution in [0, 0.1) is 0 Å². The third-order valence-corrected chi connectivity index (χ3v) is 5.37. The quantitative estimate of drug-likeness (QED) is 0.745. The van der Waals surface area contributed by atoms with E-state index < -0.39 is 24.1 Å². The molecule has 0 unspecified atom stereocenters. The number of hydrogen-bond donors (Lipinski definition) is 1. The van der Waals surface area contributed by atoms with Gasteiger partial charge >= 0.3 is 5.97 Å². The van der Waals surface area contributed by atoms with Crippen LogP contribution in [0.5, 0.6) is 0 Å². The number of nitrogens with zero attached hydrogens (tertiary/aromatic N) is 2. The van der Waals surface area contributed by atoms with Crippen LogP contribution < -0.4 is 10.2 Å². The van der Waals surface area contributed by atoms with Crippen LogP contribution >= 0.6 is 0 Å². The highest BCUT2D eigenvalue weighted by Crippen LogP contribution is 2.44. The van der Waals surface area contributed by atoms with Crippen molar-refractivity contribution in [2.75, 3.05) is 18.1 Å². The Balaban J connectivity index is 1.93. The minimum atomic E-state index is -1.55. The zero-order chi connectivity index (χ0) is 20.5. The number of carbonyl (C=O) groups is 4. The van der Waals surface area contributed by atoms with E-state index in [1.807, 2.05) is 13.8 Å². The molecule has 0 saturated carbocycles.